The molecule has 4 heteroatoms. The Morgan fingerprint density at radius 1 is 1.17 bits per heavy atom. The van der Waals surface area contributed by atoms with Gasteiger partial charge in [0.1, 0.15) is 0 Å². The van der Waals surface area contributed by atoms with Crippen LogP contribution in [-0.4, -0.2) is 35.0 Å². The molecule has 1 aromatic rings. The summed E-state index contributed by atoms with van der Waals surface area (Å²) in [7, 11) is 0. The third-order valence-corrected chi connectivity index (χ3v) is 5.49. The molecular formula is C19H25NO3. The van der Waals surface area contributed by atoms with Crippen molar-refractivity contribution < 1.29 is 14.7 Å². The molecule has 1 N–H and O–H groups in total. The minimum Gasteiger partial charge on any atom is -0.481 e. The third-order valence-electron chi connectivity index (χ3n) is 5.49. The molecule has 1 unspecified atom stereocenters. The van der Waals surface area contributed by atoms with Crippen molar-refractivity contribution in [3.63, 3.8) is 0 Å². The molecule has 1 saturated heterocycles. The highest BCUT2D eigenvalue weighted by molar-refractivity contribution is 5.85. The molecule has 1 amide bonds. The number of likely N-dealkylation sites (tertiary alicyclic amines) is 1. The smallest absolute Gasteiger partial charge is 0.310 e. The SMILES string of the molecule is O=C(CC1(C(=O)O)CCC1)N1CCCC(Cc2ccccc2)C1. The molecule has 124 valence electrons. The van der Waals surface area contributed by atoms with Crippen LogP contribution in [0.15, 0.2) is 30.3 Å². The van der Waals surface area contributed by atoms with Crippen molar-refractivity contribution in [3.05, 3.63) is 35.9 Å². The Morgan fingerprint density at radius 3 is 2.52 bits per heavy atom. The number of hydrogen-bond donors (Lipinski definition) is 1. The number of hydrogen-bond acceptors (Lipinski definition) is 2. The van der Waals surface area contributed by atoms with Crippen molar-refractivity contribution in [3.8, 4) is 0 Å². The van der Waals surface area contributed by atoms with E-state index in [0.717, 1.165) is 38.8 Å². The van der Waals surface area contributed by atoms with Crippen molar-refractivity contribution in [1.82, 2.24) is 4.90 Å². The molecule has 23 heavy (non-hydrogen) atoms. The number of aliphatic carboxylic acids is 1. The predicted octanol–water partition coefficient (Wildman–Crippen LogP) is 3.11. The molecule has 0 radical (unpaired) electrons. The molecule has 1 aromatic carbocycles. The standard InChI is InChI=1S/C19H25NO3/c21-17(13-19(18(22)23)9-5-10-19)20-11-4-8-16(14-20)12-15-6-2-1-3-7-15/h1-3,6-7,16H,4-5,8-14H2,(H,22,23). The molecule has 1 atom stereocenters. The van der Waals surface area contributed by atoms with Gasteiger partial charge in [-0.2, -0.15) is 0 Å². The van der Waals surface area contributed by atoms with Crippen LogP contribution in [0.1, 0.15) is 44.1 Å². The summed E-state index contributed by atoms with van der Waals surface area (Å²) in [6.45, 7) is 1.54. The minimum atomic E-state index is -0.796. The highest BCUT2D eigenvalue weighted by Gasteiger charge is 2.46. The Morgan fingerprint density at radius 2 is 1.91 bits per heavy atom. The Bertz CT molecular complexity index is 565. The lowest BCUT2D eigenvalue weighted by Gasteiger charge is -2.40. The lowest BCUT2D eigenvalue weighted by molar-refractivity contribution is -0.160. The quantitative estimate of drug-likeness (QED) is 0.908. The van der Waals surface area contributed by atoms with Crippen molar-refractivity contribution in [2.75, 3.05) is 13.1 Å². The van der Waals surface area contributed by atoms with Crippen LogP contribution in [0, 0.1) is 11.3 Å². The lowest BCUT2D eigenvalue weighted by Crippen LogP contribution is -2.46. The van der Waals surface area contributed by atoms with Gasteiger partial charge in [0, 0.05) is 19.5 Å². The van der Waals surface area contributed by atoms with E-state index in [2.05, 4.69) is 12.1 Å². The van der Waals surface area contributed by atoms with E-state index in [1.807, 2.05) is 23.1 Å². The second-order valence-corrected chi connectivity index (χ2v) is 7.15. The molecule has 4 nitrogen and oxygen atoms in total. The van der Waals surface area contributed by atoms with Crippen LogP contribution in [0.25, 0.3) is 0 Å². The van der Waals surface area contributed by atoms with Gasteiger partial charge in [0.2, 0.25) is 5.91 Å². The van der Waals surface area contributed by atoms with Gasteiger partial charge in [-0.3, -0.25) is 9.59 Å². The Hall–Kier alpha value is -1.84. The first-order chi connectivity index (χ1) is 11.1. The zero-order valence-corrected chi connectivity index (χ0v) is 13.5. The maximum absolute atomic E-state index is 12.6. The zero-order chi connectivity index (χ0) is 16.3. The Balaban J connectivity index is 1.57. The van der Waals surface area contributed by atoms with Crippen LogP contribution in [0.3, 0.4) is 0 Å². The van der Waals surface area contributed by atoms with E-state index in [0.29, 0.717) is 18.8 Å². The van der Waals surface area contributed by atoms with Gasteiger partial charge in [-0.25, -0.2) is 0 Å². The fourth-order valence-electron chi connectivity index (χ4n) is 3.88. The second-order valence-electron chi connectivity index (χ2n) is 7.15. The number of rotatable bonds is 5. The predicted molar refractivity (Wildman–Crippen MR) is 88.0 cm³/mol. The van der Waals surface area contributed by atoms with Crippen LogP contribution in [0.4, 0.5) is 0 Å². The Kier molecular flexibility index (Phi) is 4.69. The van der Waals surface area contributed by atoms with Gasteiger partial charge in [0.05, 0.1) is 5.41 Å². The van der Waals surface area contributed by atoms with Gasteiger partial charge in [-0.15, -0.1) is 0 Å². The summed E-state index contributed by atoms with van der Waals surface area (Å²) in [6.07, 6.45) is 5.56. The molecule has 1 aliphatic heterocycles. The summed E-state index contributed by atoms with van der Waals surface area (Å²) in [4.78, 5) is 25.9. The fourth-order valence-corrected chi connectivity index (χ4v) is 3.88. The average molecular weight is 315 g/mol. The molecule has 0 bridgehead atoms. The number of nitrogens with zero attached hydrogens (tertiary/aromatic N) is 1. The van der Waals surface area contributed by atoms with Crippen molar-refractivity contribution >= 4 is 11.9 Å². The van der Waals surface area contributed by atoms with Gasteiger partial charge in [0.15, 0.2) is 0 Å². The maximum atomic E-state index is 12.6. The molecule has 3 rings (SSSR count). The largest absolute Gasteiger partial charge is 0.481 e. The van der Waals surface area contributed by atoms with Gasteiger partial charge in [-0.05, 0) is 43.6 Å². The normalized spacial score (nSPS) is 23.1. The van der Waals surface area contributed by atoms with Crippen molar-refractivity contribution in [1.29, 1.82) is 0 Å². The molecule has 2 fully saturated rings. The molecule has 2 aliphatic rings. The number of carboxylic acid groups (broad SMARTS) is 1. The number of carboxylic acids is 1. The molecule has 1 aliphatic carbocycles. The van der Waals surface area contributed by atoms with Crippen LogP contribution >= 0.6 is 0 Å². The van der Waals surface area contributed by atoms with Gasteiger partial charge in [-0.1, -0.05) is 36.8 Å². The summed E-state index contributed by atoms with van der Waals surface area (Å²) in [5.74, 6) is -0.280. The van der Waals surface area contributed by atoms with Crippen LogP contribution in [0.2, 0.25) is 0 Å². The topological polar surface area (TPSA) is 57.6 Å². The number of amides is 1. The van der Waals surface area contributed by atoms with E-state index in [1.165, 1.54) is 5.56 Å². The van der Waals surface area contributed by atoms with Crippen molar-refractivity contribution in [2.24, 2.45) is 11.3 Å². The molecule has 1 saturated carbocycles. The van der Waals surface area contributed by atoms with E-state index in [4.69, 9.17) is 0 Å². The van der Waals surface area contributed by atoms with Gasteiger partial charge >= 0.3 is 5.97 Å². The van der Waals surface area contributed by atoms with E-state index < -0.39 is 11.4 Å². The first-order valence-electron chi connectivity index (χ1n) is 8.64. The highest BCUT2D eigenvalue weighted by atomic mass is 16.4. The van der Waals surface area contributed by atoms with Gasteiger partial charge < -0.3 is 10.0 Å². The first kappa shape index (κ1) is 16.0. The third kappa shape index (κ3) is 3.57. The van der Waals surface area contributed by atoms with E-state index >= 15 is 0 Å². The lowest BCUT2D eigenvalue weighted by atomic mass is 9.66. The summed E-state index contributed by atoms with van der Waals surface area (Å²) in [5, 5.41) is 9.41. The monoisotopic (exact) mass is 315 g/mol. The first-order valence-corrected chi connectivity index (χ1v) is 8.64. The number of piperidine rings is 1. The Labute approximate surface area is 137 Å². The van der Waals surface area contributed by atoms with Crippen LogP contribution in [0.5, 0.6) is 0 Å². The van der Waals surface area contributed by atoms with Crippen molar-refractivity contribution in [2.45, 2.75) is 44.9 Å². The molecule has 1 heterocycles. The maximum Gasteiger partial charge on any atom is 0.310 e. The van der Waals surface area contributed by atoms with Crippen LogP contribution in [-0.2, 0) is 16.0 Å². The number of benzene rings is 1. The molecular weight excluding hydrogens is 290 g/mol. The van der Waals surface area contributed by atoms with Crippen LogP contribution < -0.4 is 0 Å². The highest BCUT2D eigenvalue weighted by Crippen LogP contribution is 2.44. The second kappa shape index (κ2) is 6.73. The molecule has 0 aromatic heterocycles. The molecule has 0 spiro atoms. The summed E-state index contributed by atoms with van der Waals surface area (Å²) in [6, 6.07) is 10.4. The van der Waals surface area contributed by atoms with E-state index in [1.54, 1.807) is 0 Å². The zero-order valence-electron chi connectivity index (χ0n) is 13.5. The number of carbonyl (C=O) groups excluding carboxylic acids is 1. The van der Waals surface area contributed by atoms with Gasteiger partial charge in [0.25, 0.3) is 0 Å². The van der Waals surface area contributed by atoms with E-state index in [-0.39, 0.29) is 12.3 Å². The average Bonchev–Trinajstić information content (AvgIpc) is 2.51. The summed E-state index contributed by atoms with van der Waals surface area (Å²) >= 11 is 0. The fraction of sp³-hybridized carbons (Fsp3) is 0.579. The summed E-state index contributed by atoms with van der Waals surface area (Å²) in [5.41, 5.74) is 0.538. The minimum absolute atomic E-state index is 0.0323. The van der Waals surface area contributed by atoms with E-state index in [9.17, 15) is 14.7 Å². The summed E-state index contributed by atoms with van der Waals surface area (Å²) < 4.78 is 0. The number of carbonyl (C=O) groups is 2.